The minimum absolute atomic E-state index is 0.00782. The molecule has 2 atom stereocenters. The van der Waals surface area contributed by atoms with Crippen LogP contribution in [0, 0.1) is 0 Å². The molecular weight excluding hydrogens is 228 g/mol. The molecule has 0 spiro atoms. The van der Waals surface area contributed by atoms with Crippen molar-refractivity contribution in [1.82, 2.24) is 14.9 Å². The lowest BCUT2D eigenvalue weighted by molar-refractivity contribution is 0.419. The summed E-state index contributed by atoms with van der Waals surface area (Å²) in [5.74, 6) is 0.576. The highest BCUT2D eigenvalue weighted by Crippen LogP contribution is 2.13. The third-order valence-corrected chi connectivity index (χ3v) is 3.44. The van der Waals surface area contributed by atoms with Crippen molar-refractivity contribution < 1.29 is 0 Å². The molecule has 2 rings (SSSR count). The maximum atomic E-state index is 12.4. The molecule has 0 radical (unpaired) electrons. The lowest BCUT2D eigenvalue weighted by Crippen LogP contribution is -2.56. The molecule has 18 heavy (non-hydrogen) atoms. The third-order valence-electron chi connectivity index (χ3n) is 3.44. The minimum Gasteiger partial charge on any atom is -0.346 e. The highest BCUT2D eigenvalue weighted by molar-refractivity contribution is 5.38. The highest BCUT2D eigenvalue weighted by atomic mass is 16.1. The molecule has 1 N–H and O–H groups in total. The van der Waals surface area contributed by atoms with Crippen molar-refractivity contribution in [3.8, 4) is 0 Å². The number of piperazine rings is 1. The number of rotatable bonds is 2. The summed E-state index contributed by atoms with van der Waals surface area (Å²) in [4.78, 5) is 18.8. The molecule has 1 aliphatic rings. The van der Waals surface area contributed by atoms with E-state index in [1.807, 2.05) is 13.8 Å². The van der Waals surface area contributed by atoms with E-state index < -0.39 is 0 Å². The lowest BCUT2D eigenvalue weighted by Gasteiger charge is -2.38. The first-order valence-corrected chi connectivity index (χ1v) is 6.58. The predicted molar refractivity (Wildman–Crippen MR) is 73.2 cm³/mol. The number of aromatic nitrogens is 2. The van der Waals surface area contributed by atoms with Crippen LogP contribution in [0.4, 0.5) is 5.82 Å². The molecule has 100 valence electrons. The van der Waals surface area contributed by atoms with Crippen LogP contribution in [0.25, 0.3) is 0 Å². The second-order valence-corrected chi connectivity index (χ2v) is 5.37. The van der Waals surface area contributed by atoms with E-state index in [0.29, 0.717) is 17.9 Å². The van der Waals surface area contributed by atoms with Crippen molar-refractivity contribution in [1.29, 1.82) is 0 Å². The van der Waals surface area contributed by atoms with E-state index >= 15 is 0 Å². The fourth-order valence-corrected chi connectivity index (χ4v) is 2.33. The summed E-state index contributed by atoms with van der Waals surface area (Å²) in [5, 5.41) is 3.41. The number of nitrogens with one attached hydrogen (secondary N) is 1. The Morgan fingerprint density at radius 1 is 1.44 bits per heavy atom. The van der Waals surface area contributed by atoms with E-state index in [1.54, 1.807) is 17.0 Å². The van der Waals surface area contributed by atoms with Gasteiger partial charge in [-0.1, -0.05) is 0 Å². The van der Waals surface area contributed by atoms with Crippen molar-refractivity contribution in [2.24, 2.45) is 0 Å². The molecule has 1 aliphatic heterocycles. The molecular formula is C13H22N4O. The first kappa shape index (κ1) is 13.1. The van der Waals surface area contributed by atoms with Gasteiger partial charge in [-0.3, -0.25) is 4.79 Å². The van der Waals surface area contributed by atoms with E-state index in [0.717, 1.165) is 13.1 Å². The van der Waals surface area contributed by atoms with Gasteiger partial charge in [0.25, 0.3) is 5.56 Å². The Morgan fingerprint density at radius 3 is 2.83 bits per heavy atom. The van der Waals surface area contributed by atoms with Gasteiger partial charge in [0.1, 0.15) is 0 Å². The van der Waals surface area contributed by atoms with Gasteiger partial charge in [-0.2, -0.15) is 0 Å². The first-order valence-electron chi connectivity index (χ1n) is 6.58. The van der Waals surface area contributed by atoms with Gasteiger partial charge in [-0.05, 0) is 27.7 Å². The van der Waals surface area contributed by atoms with Crippen molar-refractivity contribution >= 4 is 5.82 Å². The molecule has 0 amide bonds. The van der Waals surface area contributed by atoms with Crippen LogP contribution in [-0.2, 0) is 0 Å². The van der Waals surface area contributed by atoms with E-state index in [4.69, 9.17) is 0 Å². The average Bonchev–Trinajstić information content (AvgIpc) is 2.32. The summed E-state index contributed by atoms with van der Waals surface area (Å²) in [5.41, 5.74) is 0.00782. The molecule has 1 fully saturated rings. The van der Waals surface area contributed by atoms with E-state index in [2.05, 4.69) is 29.0 Å². The fourth-order valence-electron chi connectivity index (χ4n) is 2.33. The van der Waals surface area contributed by atoms with Gasteiger partial charge in [0.2, 0.25) is 0 Å². The van der Waals surface area contributed by atoms with E-state index in [9.17, 15) is 4.79 Å². The number of nitrogens with zero attached hydrogens (tertiary/aromatic N) is 3. The van der Waals surface area contributed by atoms with Crippen LogP contribution in [0.3, 0.4) is 0 Å². The van der Waals surface area contributed by atoms with Crippen LogP contribution < -0.4 is 15.8 Å². The summed E-state index contributed by atoms with van der Waals surface area (Å²) >= 11 is 0. The maximum Gasteiger partial charge on any atom is 0.293 e. The van der Waals surface area contributed by atoms with Crippen LogP contribution in [0.5, 0.6) is 0 Å². The zero-order valence-electron chi connectivity index (χ0n) is 11.6. The Hall–Kier alpha value is -1.36. The molecule has 1 saturated heterocycles. The van der Waals surface area contributed by atoms with Crippen LogP contribution in [0.2, 0.25) is 0 Å². The van der Waals surface area contributed by atoms with Gasteiger partial charge in [-0.25, -0.2) is 4.98 Å². The molecule has 0 aliphatic carbocycles. The molecule has 0 bridgehead atoms. The van der Waals surface area contributed by atoms with Gasteiger partial charge in [0, 0.05) is 43.6 Å². The highest BCUT2D eigenvalue weighted by Gasteiger charge is 2.25. The van der Waals surface area contributed by atoms with E-state index in [-0.39, 0.29) is 11.6 Å². The first-order chi connectivity index (χ1) is 8.50. The molecule has 0 aromatic carbocycles. The SMILES string of the molecule is CC1CN(c2nccn(C(C)C)c2=O)C(C)CN1. The molecule has 2 unspecified atom stereocenters. The topological polar surface area (TPSA) is 50.2 Å². The quantitative estimate of drug-likeness (QED) is 0.851. The molecule has 1 aromatic heterocycles. The third kappa shape index (κ3) is 2.41. The average molecular weight is 250 g/mol. The van der Waals surface area contributed by atoms with Gasteiger partial charge in [-0.15, -0.1) is 0 Å². The maximum absolute atomic E-state index is 12.4. The fraction of sp³-hybridized carbons (Fsp3) is 0.692. The minimum atomic E-state index is 0.00782. The van der Waals surface area contributed by atoms with Crippen molar-refractivity contribution in [2.75, 3.05) is 18.0 Å². The predicted octanol–water partition coefficient (Wildman–Crippen LogP) is 1.01. The van der Waals surface area contributed by atoms with Crippen molar-refractivity contribution in [3.63, 3.8) is 0 Å². The van der Waals surface area contributed by atoms with Gasteiger partial charge < -0.3 is 14.8 Å². The Morgan fingerprint density at radius 2 is 2.17 bits per heavy atom. The largest absolute Gasteiger partial charge is 0.346 e. The Bertz CT molecular complexity index is 468. The number of hydrogen-bond donors (Lipinski definition) is 1. The molecule has 0 saturated carbocycles. The Kier molecular flexibility index (Phi) is 3.71. The number of anilines is 1. The lowest BCUT2D eigenvalue weighted by atomic mass is 10.1. The second-order valence-electron chi connectivity index (χ2n) is 5.37. The van der Waals surface area contributed by atoms with Gasteiger partial charge in [0.05, 0.1) is 0 Å². The Balaban J connectivity index is 2.38. The van der Waals surface area contributed by atoms with Gasteiger partial charge >= 0.3 is 0 Å². The zero-order chi connectivity index (χ0) is 13.3. The smallest absolute Gasteiger partial charge is 0.293 e. The van der Waals surface area contributed by atoms with Crippen molar-refractivity contribution in [3.05, 3.63) is 22.7 Å². The van der Waals surface area contributed by atoms with Crippen LogP contribution in [0.15, 0.2) is 17.2 Å². The molecule has 5 nitrogen and oxygen atoms in total. The second kappa shape index (κ2) is 5.10. The van der Waals surface area contributed by atoms with Gasteiger partial charge in [0.15, 0.2) is 5.82 Å². The van der Waals surface area contributed by atoms with Crippen LogP contribution in [0.1, 0.15) is 33.7 Å². The summed E-state index contributed by atoms with van der Waals surface area (Å²) in [6.45, 7) is 9.98. The zero-order valence-corrected chi connectivity index (χ0v) is 11.6. The molecule has 2 heterocycles. The van der Waals surface area contributed by atoms with Crippen molar-refractivity contribution in [2.45, 2.75) is 45.8 Å². The normalized spacial score (nSPS) is 24.6. The Labute approximate surface area is 108 Å². The van der Waals surface area contributed by atoms with Crippen LogP contribution >= 0.6 is 0 Å². The summed E-state index contributed by atoms with van der Waals surface area (Å²) in [6.07, 6.45) is 3.48. The monoisotopic (exact) mass is 250 g/mol. The number of hydrogen-bond acceptors (Lipinski definition) is 4. The van der Waals surface area contributed by atoms with E-state index in [1.165, 1.54) is 0 Å². The standard InChI is InChI=1S/C13H22N4O/c1-9(2)16-6-5-14-12(13(16)18)17-8-10(3)15-7-11(17)4/h5-6,9-11,15H,7-8H2,1-4H3. The van der Waals surface area contributed by atoms with Crippen LogP contribution in [-0.4, -0.2) is 34.7 Å². The molecule has 5 heteroatoms. The summed E-state index contributed by atoms with van der Waals surface area (Å²) in [7, 11) is 0. The summed E-state index contributed by atoms with van der Waals surface area (Å²) < 4.78 is 1.74. The summed E-state index contributed by atoms with van der Waals surface area (Å²) in [6, 6.07) is 0.842. The molecule has 1 aromatic rings.